The average Bonchev–Trinajstić information content (AvgIpc) is 2.98. The van der Waals surface area contributed by atoms with Gasteiger partial charge in [0, 0.05) is 54.1 Å². The van der Waals surface area contributed by atoms with Crippen LogP contribution in [0.15, 0.2) is 0 Å². The molecule has 0 spiro atoms. The van der Waals surface area contributed by atoms with Gasteiger partial charge in [0.25, 0.3) is 0 Å². The number of aliphatic hydroxyl groups excluding tert-OH is 1. The number of amides is 2. The zero-order valence-corrected chi connectivity index (χ0v) is 27.0. The lowest BCUT2D eigenvalue weighted by Crippen LogP contribution is -2.66. The van der Waals surface area contributed by atoms with E-state index in [9.17, 15) is 19.5 Å². The number of nitrogens with zero attached hydrogens (tertiary/aromatic N) is 2. The molecule has 0 aromatic carbocycles. The average molecular weight is 586 g/mol. The Morgan fingerprint density at radius 1 is 0.786 bits per heavy atom. The van der Waals surface area contributed by atoms with Crippen LogP contribution < -0.4 is 10.6 Å². The van der Waals surface area contributed by atoms with Crippen molar-refractivity contribution in [2.75, 3.05) is 26.2 Å². The fourth-order valence-electron chi connectivity index (χ4n) is 9.91. The molecule has 4 saturated heterocycles. The summed E-state index contributed by atoms with van der Waals surface area (Å²) in [6.07, 6.45) is 5.38. The second-order valence-electron chi connectivity index (χ2n) is 14.3. The number of aliphatic hydroxyl groups is 1. The van der Waals surface area contributed by atoms with Gasteiger partial charge in [-0.2, -0.15) is 0 Å². The van der Waals surface area contributed by atoms with Crippen molar-refractivity contribution in [3.05, 3.63) is 0 Å². The summed E-state index contributed by atoms with van der Waals surface area (Å²) in [5.41, 5.74) is 1.36. The van der Waals surface area contributed by atoms with Crippen LogP contribution >= 0.6 is 0 Å². The van der Waals surface area contributed by atoms with Gasteiger partial charge in [0.1, 0.15) is 18.9 Å². The minimum absolute atomic E-state index is 0.0529. The molecule has 8 heteroatoms. The minimum Gasteiger partial charge on any atom is -0.392 e. The Labute approximate surface area is 253 Å². The Kier molecular flexibility index (Phi) is 9.83. The zero-order valence-electron chi connectivity index (χ0n) is 27.0. The molecule has 0 aromatic heterocycles. The van der Waals surface area contributed by atoms with Crippen molar-refractivity contribution in [1.29, 1.82) is 0 Å². The predicted molar refractivity (Wildman–Crippen MR) is 164 cm³/mol. The number of hydrogen-bond acceptors (Lipinski definition) is 5. The van der Waals surface area contributed by atoms with Crippen molar-refractivity contribution in [3.63, 3.8) is 0 Å². The predicted octanol–water partition coefficient (Wildman–Crippen LogP) is 3.25. The van der Waals surface area contributed by atoms with Crippen LogP contribution in [0.4, 0.5) is 0 Å². The number of nitrogens with one attached hydrogen (secondary N) is 2. The standard InChI is InChI=1S/C34H56N4O4/c1-7-37(8-2)27-17-25-23(15-19(27)5)29-31(39)30(32(29)40)24-16-20(6)28(38(9-3)10-4)18-26(24)36-34(42)22-13-11-21(12-14-22)33(41)35-25/h19-27,29-31,39H,7-18H2,1-6H3,(H-,35,36,41,42)/p+1. The van der Waals surface area contributed by atoms with E-state index in [0.717, 1.165) is 77.5 Å². The number of hydrogen-bond donors (Lipinski definition) is 3. The summed E-state index contributed by atoms with van der Waals surface area (Å²) in [4.78, 5) is 43.9. The van der Waals surface area contributed by atoms with Gasteiger partial charge in [-0.25, -0.2) is 4.58 Å². The molecule has 10 unspecified atom stereocenters. The topological polar surface area (TPSA) is 102 Å². The lowest BCUT2D eigenvalue weighted by Gasteiger charge is -2.54. The molecule has 8 fully saturated rings. The van der Waals surface area contributed by atoms with Crippen molar-refractivity contribution in [3.8, 4) is 0 Å². The maximum Gasteiger partial charge on any atom is 0.223 e. The first-order chi connectivity index (χ1) is 20.1. The molecule has 4 aliphatic carbocycles. The number of carbonyl (C=O) groups excluding carboxylic acids is 3. The number of ketones is 1. The van der Waals surface area contributed by atoms with E-state index in [4.69, 9.17) is 0 Å². The molecule has 42 heavy (non-hydrogen) atoms. The van der Waals surface area contributed by atoms with Gasteiger partial charge >= 0.3 is 0 Å². The molecule has 4 aliphatic heterocycles. The molecule has 4 bridgehead atoms. The molecule has 8 rings (SSSR count). The largest absolute Gasteiger partial charge is 0.392 e. The molecule has 10 atom stereocenters. The van der Waals surface area contributed by atoms with Crippen LogP contribution in [0, 0.1) is 47.3 Å². The maximum atomic E-state index is 14.2. The molecule has 236 valence electrons. The number of Topliss-reactive ketones (excluding diaryl/α,β-unsaturated/α-hetero) is 1. The molecule has 8 nitrogen and oxygen atoms in total. The van der Waals surface area contributed by atoms with Crippen molar-refractivity contribution in [2.24, 2.45) is 47.3 Å². The normalized spacial score (nSPS) is 42.5. The summed E-state index contributed by atoms with van der Waals surface area (Å²) >= 11 is 0. The Morgan fingerprint density at radius 3 is 1.81 bits per heavy atom. The fourth-order valence-corrected chi connectivity index (χ4v) is 9.91. The zero-order chi connectivity index (χ0) is 30.3. The quantitative estimate of drug-likeness (QED) is 0.430. The third kappa shape index (κ3) is 5.71. The summed E-state index contributed by atoms with van der Waals surface area (Å²) in [6, 6.07) is 0.0849. The molecule has 8 aliphatic rings. The number of rotatable bonds is 5. The smallest absolute Gasteiger partial charge is 0.223 e. The first kappa shape index (κ1) is 31.6. The molecule has 0 aromatic rings. The second-order valence-corrected chi connectivity index (χ2v) is 14.3. The van der Waals surface area contributed by atoms with Gasteiger partial charge in [-0.05, 0) is 89.6 Å². The van der Waals surface area contributed by atoms with Crippen LogP contribution in [0.1, 0.15) is 92.9 Å². The highest BCUT2D eigenvalue weighted by atomic mass is 16.3. The fraction of sp³-hybridized carbons (Fsp3) is 0.882. The lowest BCUT2D eigenvalue weighted by molar-refractivity contribution is -0.524. The van der Waals surface area contributed by atoms with Crippen LogP contribution in [0.25, 0.3) is 0 Å². The van der Waals surface area contributed by atoms with E-state index >= 15 is 0 Å². The highest BCUT2D eigenvalue weighted by molar-refractivity contribution is 5.93. The molecule has 4 saturated carbocycles. The summed E-state index contributed by atoms with van der Waals surface area (Å²) in [5.74, 6) is -0.225. The summed E-state index contributed by atoms with van der Waals surface area (Å²) in [7, 11) is 0. The Hall–Kier alpha value is -1.80. The first-order valence-corrected chi connectivity index (χ1v) is 17.3. The van der Waals surface area contributed by atoms with Crippen LogP contribution in [0.5, 0.6) is 0 Å². The van der Waals surface area contributed by atoms with Gasteiger partial charge in [-0.1, -0.05) is 27.7 Å². The molecule has 4 heterocycles. The molecule has 3 N–H and O–H groups in total. The van der Waals surface area contributed by atoms with Gasteiger partial charge < -0.3 is 20.6 Å². The van der Waals surface area contributed by atoms with E-state index in [-0.39, 0.29) is 53.4 Å². The van der Waals surface area contributed by atoms with E-state index < -0.39 is 17.9 Å². The van der Waals surface area contributed by atoms with Gasteiger partial charge in [-0.15, -0.1) is 0 Å². The number of carbonyl (C=O) groups is 3. The van der Waals surface area contributed by atoms with Gasteiger partial charge in [0.15, 0.2) is 5.71 Å². The molecular weight excluding hydrogens is 528 g/mol. The summed E-state index contributed by atoms with van der Waals surface area (Å²) in [6.45, 7) is 17.0. The van der Waals surface area contributed by atoms with E-state index in [2.05, 4.69) is 61.7 Å². The maximum absolute atomic E-state index is 14.2. The minimum atomic E-state index is -0.729. The van der Waals surface area contributed by atoms with Crippen LogP contribution in [0.3, 0.4) is 0 Å². The monoisotopic (exact) mass is 585 g/mol. The van der Waals surface area contributed by atoms with E-state index in [1.807, 2.05) is 0 Å². The van der Waals surface area contributed by atoms with Gasteiger partial charge in [0.05, 0.1) is 6.10 Å². The molecular formula is C34H57N4O4+. The summed E-state index contributed by atoms with van der Waals surface area (Å²) < 4.78 is 2.41. The lowest BCUT2D eigenvalue weighted by atomic mass is 9.53. The Morgan fingerprint density at radius 2 is 1.31 bits per heavy atom. The van der Waals surface area contributed by atoms with Gasteiger partial charge in [0.2, 0.25) is 11.8 Å². The first-order valence-electron chi connectivity index (χ1n) is 17.3. The van der Waals surface area contributed by atoms with Crippen LogP contribution in [-0.4, -0.2) is 88.3 Å². The molecule has 2 amide bonds. The SMILES string of the molecule is CCN(CC)C1CC2NC(=O)C3CCC(CC3)C(=O)NC3CC(=[N+](CC)CC)C(C)CC3C3C(=O)C(C3O)C2CC1C. The van der Waals surface area contributed by atoms with E-state index in [1.165, 1.54) is 5.71 Å². The van der Waals surface area contributed by atoms with Crippen molar-refractivity contribution in [2.45, 2.75) is 117 Å². The van der Waals surface area contributed by atoms with Crippen molar-refractivity contribution in [1.82, 2.24) is 15.5 Å². The highest BCUT2D eigenvalue weighted by Crippen LogP contribution is 2.50. The molecule has 0 radical (unpaired) electrons. The summed E-state index contributed by atoms with van der Waals surface area (Å²) in [5, 5.41) is 18.7. The highest BCUT2D eigenvalue weighted by Gasteiger charge is 2.60. The van der Waals surface area contributed by atoms with Crippen LogP contribution in [0.2, 0.25) is 0 Å². The van der Waals surface area contributed by atoms with E-state index in [1.54, 1.807) is 0 Å². The Balaban J connectivity index is 1.49. The Bertz CT molecular complexity index is 1040. The second kappa shape index (κ2) is 13.1. The van der Waals surface area contributed by atoms with Gasteiger partial charge in [-0.3, -0.25) is 14.4 Å². The van der Waals surface area contributed by atoms with Crippen LogP contribution in [-0.2, 0) is 14.4 Å². The van der Waals surface area contributed by atoms with Crippen molar-refractivity contribution < 1.29 is 24.1 Å². The van der Waals surface area contributed by atoms with E-state index in [0.29, 0.717) is 17.9 Å². The third-order valence-electron chi connectivity index (χ3n) is 12.3. The third-order valence-corrected chi connectivity index (χ3v) is 12.3. The van der Waals surface area contributed by atoms with Crippen molar-refractivity contribution >= 4 is 23.3 Å².